The Labute approximate surface area is 129 Å². The van der Waals surface area contributed by atoms with Crippen molar-refractivity contribution in [2.24, 2.45) is 0 Å². The maximum atomic E-state index is 11.5. The molecule has 5 heteroatoms. The first kappa shape index (κ1) is 15.8. The first-order chi connectivity index (χ1) is 10.1. The lowest BCUT2D eigenvalue weighted by Gasteiger charge is -2.17. The highest BCUT2D eigenvalue weighted by Crippen LogP contribution is 2.30. The molecule has 1 aromatic carbocycles. The highest BCUT2D eigenvalue weighted by Gasteiger charge is 2.11. The van der Waals surface area contributed by atoms with Gasteiger partial charge in [-0.2, -0.15) is 0 Å². The molecule has 1 atom stereocenters. The van der Waals surface area contributed by atoms with Crippen molar-refractivity contribution < 1.29 is 0 Å². The highest BCUT2D eigenvalue weighted by atomic mass is 32.2. The molecule has 0 aliphatic carbocycles. The summed E-state index contributed by atoms with van der Waals surface area (Å²) in [5.74, 6) is 0. The Kier molecular flexibility index (Phi) is 5.59. The molecule has 1 unspecified atom stereocenters. The van der Waals surface area contributed by atoms with Gasteiger partial charge in [-0.25, -0.2) is 4.98 Å². The number of aromatic amines is 1. The van der Waals surface area contributed by atoms with E-state index in [-0.39, 0.29) is 11.6 Å². The molecule has 2 N–H and O–H groups in total. The van der Waals surface area contributed by atoms with E-state index in [0.717, 1.165) is 23.6 Å². The van der Waals surface area contributed by atoms with E-state index in [1.165, 1.54) is 23.4 Å². The molecule has 0 aliphatic rings. The molecule has 0 radical (unpaired) electrons. The zero-order chi connectivity index (χ0) is 15.2. The molecule has 0 bridgehead atoms. The second-order valence-corrected chi connectivity index (χ2v) is 6.04. The molecule has 0 spiro atoms. The predicted octanol–water partition coefficient (Wildman–Crippen LogP) is 3.29. The fourth-order valence-corrected chi connectivity index (χ4v) is 3.16. The van der Waals surface area contributed by atoms with E-state index in [1.807, 2.05) is 19.1 Å². The van der Waals surface area contributed by atoms with Gasteiger partial charge in [-0.1, -0.05) is 36.9 Å². The van der Waals surface area contributed by atoms with E-state index >= 15 is 0 Å². The van der Waals surface area contributed by atoms with Crippen LogP contribution in [0.15, 0.2) is 45.2 Å². The first-order valence-electron chi connectivity index (χ1n) is 7.18. The first-order valence-corrected chi connectivity index (χ1v) is 8.00. The van der Waals surface area contributed by atoms with Crippen LogP contribution < -0.4 is 10.9 Å². The summed E-state index contributed by atoms with van der Waals surface area (Å²) in [5.41, 5.74) is 1.84. The Morgan fingerprint density at radius 2 is 2.14 bits per heavy atom. The molecule has 0 amide bonds. The number of H-pyrrole nitrogens is 1. The molecule has 4 nitrogen and oxygen atoms in total. The monoisotopic (exact) mass is 303 g/mol. The zero-order valence-corrected chi connectivity index (χ0v) is 13.5. The summed E-state index contributed by atoms with van der Waals surface area (Å²) in [6.45, 7) is 7.12. The van der Waals surface area contributed by atoms with Gasteiger partial charge in [0, 0.05) is 22.7 Å². The number of hydrogen-bond acceptors (Lipinski definition) is 4. The normalized spacial score (nSPS) is 12.3. The van der Waals surface area contributed by atoms with Gasteiger partial charge in [-0.15, -0.1) is 0 Å². The van der Waals surface area contributed by atoms with Gasteiger partial charge in [-0.05, 0) is 38.4 Å². The Morgan fingerprint density at radius 3 is 2.86 bits per heavy atom. The van der Waals surface area contributed by atoms with Gasteiger partial charge >= 0.3 is 0 Å². The van der Waals surface area contributed by atoms with Crippen LogP contribution in [0.1, 0.15) is 37.6 Å². The van der Waals surface area contributed by atoms with Crippen LogP contribution >= 0.6 is 11.8 Å². The number of nitrogens with one attached hydrogen (secondary N) is 2. The van der Waals surface area contributed by atoms with Crippen LogP contribution in [0.25, 0.3) is 0 Å². The molecule has 1 aromatic heterocycles. The van der Waals surface area contributed by atoms with Crippen molar-refractivity contribution in [1.29, 1.82) is 0 Å². The number of aromatic nitrogens is 2. The van der Waals surface area contributed by atoms with Gasteiger partial charge in [0.05, 0.1) is 0 Å². The molecule has 2 rings (SSSR count). The van der Waals surface area contributed by atoms with Crippen LogP contribution in [0.5, 0.6) is 0 Å². The minimum atomic E-state index is -0.111. The molecular weight excluding hydrogens is 282 g/mol. The minimum absolute atomic E-state index is 0.111. The smallest absolute Gasteiger partial charge is 0.251 e. The minimum Gasteiger partial charge on any atom is -0.310 e. The lowest BCUT2D eigenvalue weighted by Crippen LogP contribution is -2.19. The topological polar surface area (TPSA) is 57.8 Å². The van der Waals surface area contributed by atoms with Crippen LogP contribution in [0.3, 0.4) is 0 Å². The molecule has 1 heterocycles. The SMILES string of the molecule is CCCNC(C)c1ccccc1Sc1nc(C)cc(=O)[nH]1. The average Bonchev–Trinajstić information content (AvgIpc) is 2.44. The standard InChI is InChI=1S/C16H21N3OS/c1-4-9-17-12(3)13-7-5-6-8-14(13)21-16-18-11(2)10-15(20)19-16/h5-8,10,12,17H,4,9H2,1-3H3,(H,18,19,20). The molecular formula is C16H21N3OS. The second-order valence-electron chi connectivity index (χ2n) is 5.01. The summed E-state index contributed by atoms with van der Waals surface area (Å²) in [5, 5.41) is 4.13. The van der Waals surface area contributed by atoms with Crippen molar-refractivity contribution >= 4 is 11.8 Å². The predicted molar refractivity (Wildman–Crippen MR) is 86.9 cm³/mol. The number of rotatable bonds is 6. The summed E-state index contributed by atoms with van der Waals surface area (Å²) in [6.07, 6.45) is 1.10. The molecule has 0 fully saturated rings. The van der Waals surface area contributed by atoms with E-state index in [0.29, 0.717) is 5.16 Å². The van der Waals surface area contributed by atoms with Crippen molar-refractivity contribution in [2.75, 3.05) is 6.54 Å². The maximum absolute atomic E-state index is 11.5. The lowest BCUT2D eigenvalue weighted by atomic mass is 10.1. The van der Waals surface area contributed by atoms with Crippen LogP contribution in [-0.4, -0.2) is 16.5 Å². The number of hydrogen-bond donors (Lipinski definition) is 2. The van der Waals surface area contributed by atoms with Crippen LogP contribution in [0, 0.1) is 6.92 Å². The molecule has 21 heavy (non-hydrogen) atoms. The summed E-state index contributed by atoms with van der Waals surface area (Å²) < 4.78 is 0. The van der Waals surface area contributed by atoms with Gasteiger partial charge < -0.3 is 10.3 Å². The number of benzene rings is 1. The Bertz CT molecular complexity index is 654. The Balaban J connectivity index is 2.25. The summed E-state index contributed by atoms with van der Waals surface area (Å²) in [4.78, 5) is 19.8. The quantitative estimate of drug-likeness (QED) is 0.804. The molecule has 2 aromatic rings. The summed E-state index contributed by atoms with van der Waals surface area (Å²) >= 11 is 1.50. The van der Waals surface area contributed by atoms with Gasteiger partial charge in [0.1, 0.15) is 0 Å². The maximum Gasteiger partial charge on any atom is 0.251 e. The van der Waals surface area contributed by atoms with Crippen molar-refractivity contribution in [3.8, 4) is 0 Å². The third-order valence-corrected chi connectivity index (χ3v) is 4.12. The summed E-state index contributed by atoms with van der Waals surface area (Å²) in [6, 6.07) is 9.99. The zero-order valence-electron chi connectivity index (χ0n) is 12.6. The van der Waals surface area contributed by atoms with Crippen LogP contribution in [-0.2, 0) is 0 Å². The number of aryl methyl sites for hydroxylation is 1. The van der Waals surface area contributed by atoms with Gasteiger partial charge in [0.2, 0.25) is 0 Å². The third-order valence-electron chi connectivity index (χ3n) is 3.14. The van der Waals surface area contributed by atoms with Crippen molar-refractivity contribution in [3.05, 3.63) is 51.9 Å². The van der Waals surface area contributed by atoms with Gasteiger partial charge in [-0.3, -0.25) is 4.79 Å². The fourth-order valence-electron chi connectivity index (χ4n) is 2.11. The third kappa shape index (κ3) is 4.44. The van der Waals surface area contributed by atoms with Gasteiger partial charge in [0.25, 0.3) is 5.56 Å². The van der Waals surface area contributed by atoms with Crippen LogP contribution in [0.4, 0.5) is 0 Å². The largest absolute Gasteiger partial charge is 0.310 e. The van der Waals surface area contributed by atoms with Crippen molar-refractivity contribution in [1.82, 2.24) is 15.3 Å². The Hall–Kier alpha value is -1.59. The Morgan fingerprint density at radius 1 is 1.38 bits per heavy atom. The highest BCUT2D eigenvalue weighted by molar-refractivity contribution is 7.99. The second kappa shape index (κ2) is 7.43. The number of nitrogens with zero attached hydrogens (tertiary/aromatic N) is 1. The molecule has 0 saturated carbocycles. The van der Waals surface area contributed by atoms with E-state index < -0.39 is 0 Å². The average molecular weight is 303 g/mol. The van der Waals surface area contributed by atoms with E-state index in [4.69, 9.17) is 0 Å². The van der Waals surface area contributed by atoms with E-state index in [1.54, 1.807) is 0 Å². The molecule has 0 aliphatic heterocycles. The van der Waals surface area contributed by atoms with Crippen LogP contribution in [0.2, 0.25) is 0 Å². The molecule has 112 valence electrons. The lowest BCUT2D eigenvalue weighted by molar-refractivity contribution is 0.564. The fraction of sp³-hybridized carbons (Fsp3) is 0.375. The summed E-state index contributed by atoms with van der Waals surface area (Å²) in [7, 11) is 0. The van der Waals surface area contributed by atoms with E-state index in [9.17, 15) is 4.79 Å². The van der Waals surface area contributed by atoms with E-state index in [2.05, 4.69) is 41.3 Å². The van der Waals surface area contributed by atoms with Crippen molar-refractivity contribution in [3.63, 3.8) is 0 Å². The van der Waals surface area contributed by atoms with Gasteiger partial charge in [0.15, 0.2) is 5.16 Å². The molecule has 0 saturated heterocycles. The van der Waals surface area contributed by atoms with Crippen molar-refractivity contribution in [2.45, 2.75) is 43.3 Å².